The fraction of sp³-hybridized carbons (Fsp3) is 0.167. The molecule has 12 heteroatoms. The van der Waals surface area contributed by atoms with Gasteiger partial charge in [0.1, 0.15) is 12.1 Å². The van der Waals surface area contributed by atoms with Gasteiger partial charge in [-0.1, -0.05) is 12.1 Å². The minimum absolute atomic E-state index is 0.0851. The Hall–Kier alpha value is -4.45. The smallest absolute Gasteiger partial charge is 0.416 e. The summed E-state index contributed by atoms with van der Waals surface area (Å²) in [6, 6.07) is 12.0. The van der Waals surface area contributed by atoms with Crippen molar-refractivity contribution < 1.29 is 32.6 Å². The zero-order chi connectivity index (χ0) is 25.7. The van der Waals surface area contributed by atoms with Crippen LogP contribution in [0.2, 0.25) is 0 Å². The minimum atomic E-state index is -4.43. The first-order valence-electron chi connectivity index (χ1n) is 10.7. The molecule has 0 aliphatic carbocycles. The van der Waals surface area contributed by atoms with Gasteiger partial charge in [0.2, 0.25) is 11.8 Å². The number of hydrogen-bond donors (Lipinski definition) is 3. The van der Waals surface area contributed by atoms with Crippen LogP contribution in [0.15, 0.2) is 67.1 Å². The number of carbonyl (C=O) groups is 2. The number of aliphatic hydroxyl groups excluding tert-OH is 1. The van der Waals surface area contributed by atoms with Crippen LogP contribution in [0.3, 0.4) is 0 Å². The zero-order valence-corrected chi connectivity index (χ0v) is 18.6. The summed E-state index contributed by atoms with van der Waals surface area (Å²) < 4.78 is 45.1. The lowest BCUT2D eigenvalue weighted by molar-refractivity contribution is -0.137. The van der Waals surface area contributed by atoms with E-state index in [-0.39, 0.29) is 31.4 Å². The van der Waals surface area contributed by atoms with Crippen molar-refractivity contribution in [2.75, 3.05) is 18.5 Å². The van der Waals surface area contributed by atoms with Crippen molar-refractivity contribution in [3.05, 3.63) is 78.2 Å². The van der Waals surface area contributed by atoms with E-state index in [1.807, 2.05) is 0 Å². The van der Waals surface area contributed by atoms with Crippen molar-refractivity contribution in [3.8, 4) is 11.6 Å². The van der Waals surface area contributed by atoms with E-state index in [2.05, 4.69) is 20.6 Å². The lowest BCUT2D eigenvalue weighted by Gasteiger charge is -2.10. The molecule has 0 atom stereocenters. The van der Waals surface area contributed by atoms with E-state index in [0.29, 0.717) is 28.0 Å². The number of anilines is 1. The second-order valence-electron chi connectivity index (χ2n) is 7.60. The molecule has 0 spiro atoms. The van der Waals surface area contributed by atoms with E-state index < -0.39 is 17.8 Å². The number of ether oxygens (including phenoxy) is 1. The van der Waals surface area contributed by atoms with E-state index >= 15 is 0 Å². The van der Waals surface area contributed by atoms with Gasteiger partial charge in [0.05, 0.1) is 24.0 Å². The first-order valence-corrected chi connectivity index (χ1v) is 10.7. The van der Waals surface area contributed by atoms with Gasteiger partial charge in [-0.15, -0.1) is 0 Å². The minimum Gasteiger partial charge on any atom is -0.438 e. The maximum Gasteiger partial charge on any atom is 0.416 e. The van der Waals surface area contributed by atoms with Crippen molar-refractivity contribution in [3.63, 3.8) is 0 Å². The van der Waals surface area contributed by atoms with Crippen LogP contribution < -0.4 is 15.4 Å². The van der Waals surface area contributed by atoms with Crippen LogP contribution in [0.5, 0.6) is 11.6 Å². The van der Waals surface area contributed by atoms with Crippen LogP contribution in [0.4, 0.5) is 23.7 Å². The molecule has 2 aromatic heterocycles. The summed E-state index contributed by atoms with van der Waals surface area (Å²) in [6.07, 6.45) is -1.75. The Bertz CT molecular complexity index is 1370. The molecule has 0 aliphatic heterocycles. The molecule has 2 heterocycles. The van der Waals surface area contributed by atoms with Gasteiger partial charge < -0.3 is 20.5 Å². The van der Waals surface area contributed by atoms with Gasteiger partial charge in [0, 0.05) is 18.4 Å². The monoisotopic (exact) mass is 499 g/mol. The standard InChI is InChI=1S/C24H20F3N5O4/c25-24(26,27)16-3-1-15(2-4-16)13-20(34)31-17-5-7-18(8-6-17)36-22-19-9-11-32(21(19)29-14-30-22)23(35)28-10-12-33/h1-9,11,14,33H,10,12-13H2,(H,28,35)(H,31,34). The highest BCUT2D eigenvalue weighted by molar-refractivity contribution is 5.93. The highest BCUT2D eigenvalue weighted by Crippen LogP contribution is 2.30. The maximum atomic E-state index is 12.7. The number of aliphatic hydroxyl groups is 1. The molecule has 186 valence electrons. The Kier molecular flexibility index (Phi) is 7.15. The van der Waals surface area contributed by atoms with Crippen molar-refractivity contribution in [2.24, 2.45) is 0 Å². The topological polar surface area (TPSA) is 118 Å². The number of halogens is 3. The zero-order valence-electron chi connectivity index (χ0n) is 18.6. The number of amides is 2. The summed E-state index contributed by atoms with van der Waals surface area (Å²) in [5.41, 5.74) is 0.469. The summed E-state index contributed by atoms with van der Waals surface area (Å²) in [7, 11) is 0. The third-order valence-corrected chi connectivity index (χ3v) is 5.05. The van der Waals surface area contributed by atoms with Crippen molar-refractivity contribution >= 4 is 28.7 Å². The quantitative estimate of drug-likeness (QED) is 0.354. The number of benzene rings is 2. The molecule has 36 heavy (non-hydrogen) atoms. The van der Waals surface area contributed by atoms with Gasteiger partial charge >= 0.3 is 12.2 Å². The Morgan fingerprint density at radius 3 is 2.39 bits per heavy atom. The second kappa shape index (κ2) is 10.4. The Morgan fingerprint density at radius 1 is 1.00 bits per heavy atom. The Labute approximate surface area is 202 Å². The molecule has 0 aliphatic rings. The predicted molar refractivity (Wildman–Crippen MR) is 124 cm³/mol. The third kappa shape index (κ3) is 5.78. The molecule has 3 N–H and O–H groups in total. The number of rotatable bonds is 7. The molecule has 2 aromatic carbocycles. The van der Waals surface area contributed by atoms with Gasteiger partial charge in [-0.05, 0) is 48.0 Å². The molecule has 0 fully saturated rings. The fourth-order valence-electron chi connectivity index (χ4n) is 3.34. The lowest BCUT2D eigenvalue weighted by atomic mass is 10.1. The van der Waals surface area contributed by atoms with Gasteiger partial charge in [-0.25, -0.2) is 14.8 Å². The highest BCUT2D eigenvalue weighted by atomic mass is 19.4. The summed E-state index contributed by atoms with van der Waals surface area (Å²) in [4.78, 5) is 32.7. The van der Waals surface area contributed by atoms with E-state index in [4.69, 9.17) is 9.84 Å². The van der Waals surface area contributed by atoms with Crippen LogP contribution in [0, 0.1) is 0 Å². The van der Waals surface area contributed by atoms with Crippen molar-refractivity contribution in [1.29, 1.82) is 0 Å². The maximum absolute atomic E-state index is 12.7. The van der Waals surface area contributed by atoms with Crippen LogP contribution in [-0.4, -0.2) is 44.7 Å². The number of alkyl halides is 3. The predicted octanol–water partition coefficient (Wildman–Crippen LogP) is 3.97. The summed E-state index contributed by atoms with van der Waals surface area (Å²) in [5, 5.41) is 14.6. The van der Waals surface area contributed by atoms with Crippen LogP contribution >= 0.6 is 0 Å². The van der Waals surface area contributed by atoms with Gasteiger partial charge in [0.15, 0.2) is 5.65 Å². The normalized spacial score (nSPS) is 11.3. The SMILES string of the molecule is O=C(Cc1ccc(C(F)(F)F)cc1)Nc1ccc(Oc2ncnc3c2ccn3C(=O)NCCO)cc1. The molecule has 4 aromatic rings. The Morgan fingerprint density at radius 2 is 1.72 bits per heavy atom. The average Bonchev–Trinajstić information content (AvgIpc) is 3.29. The van der Waals surface area contributed by atoms with Crippen molar-refractivity contribution in [2.45, 2.75) is 12.6 Å². The molecule has 4 rings (SSSR count). The Balaban J connectivity index is 1.39. The second-order valence-corrected chi connectivity index (χ2v) is 7.60. The van der Waals surface area contributed by atoms with E-state index in [9.17, 15) is 22.8 Å². The third-order valence-electron chi connectivity index (χ3n) is 5.05. The molecule has 0 saturated carbocycles. The number of nitrogens with zero attached hydrogens (tertiary/aromatic N) is 3. The number of fused-ring (bicyclic) bond motifs is 1. The molecular formula is C24H20F3N5O4. The van der Waals surface area contributed by atoms with Gasteiger partial charge in [-0.3, -0.25) is 9.36 Å². The van der Waals surface area contributed by atoms with Crippen LogP contribution in [0.25, 0.3) is 11.0 Å². The van der Waals surface area contributed by atoms with E-state index in [1.165, 1.54) is 29.2 Å². The van der Waals surface area contributed by atoms with E-state index in [1.54, 1.807) is 30.3 Å². The van der Waals surface area contributed by atoms with Crippen molar-refractivity contribution in [1.82, 2.24) is 19.9 Å². The van der Waals surface area contributed by atoms with Crippen LogP contribution in [0.1, 0.15) is 11.1 Å². The number of hydrogen-bond acceptors (Lipinski definition) is 6. The first-order chi connectivity index (χ1) is 17.2. The van der Waals surface area contributed by atoms with Gasteiger partial charge in [-0.2, -0.15) is 13.2 Å². The lowest BCUT2D eigenvalue weighted by Crippen LogP contribution is -2.30. The molecule has 2 amide bonds. The molecular weight excluding hydrogens is 479 g/mol. The van der Waals surface area contributed by atoms with Crippen LogP contribution in [-0.2, 0) is 17.4 Å². The number of nitrogens with one attached hydrogen (secondary N) is 2. The first kappa shape index (κ1) is 24.7. The molecule has 0 unspecified atom stereocenters. The molecule has 0 bridgehead atoms. The molecule has 0 radical (unpaired) electrons. The number of carbonyl (C=O) groups excluding carboxylic acids is 2. The summed E-state index contributed by atoms with van der Waals surface area (Å²) in [5.74, 6) is 0.239. The number of aromatic nitrogens is 3. The largest absolute Gasteiger partial charge is 0.438 e. The highest BCUT2D eigenvalue weighted by Gasteiger charge is 2.30. The summed E-state index contributed by atoms with van der Waals surface area (Å²) >= 11 is 0. The molecule has 0 saturated heterocycles. The molecule has 9 nitrogen and oxygen atoms in total. The average molecular weight is 499 g/mol. The fourth-order valence-corrected chi connectivity index (χ4v) is 3.34. The van der Waals surface area contributed by atoms with Gasteiger partial charge in [0.25, 0.3) is 0 Å². The summed E-state index contributed by atoms with van der Waals surface area (Å²) in [6.45, 7) is -0.0973. The van der Waals surface area contributed by atoms with E-state index in [0.717, 1.165) is 12.1 Å².